The molecule has 0 spiro atoms. The third-order valence-electron chi connectivity index (χ3n) is 3.72. The van der Waals surface area contributed by atoms with E-state index in [-0.39, 0.29) is 11.4 Å². The van der Waals surface area contributed by atoms with Crippen molar-refractivity contribution in [3.05, 3.63) is 28.8 Å². The Kier molecular flexibility index (Phi) is 3.81. The zero-order valence-electron chi connectivity index (χ0n) is 10.7. The molecule has 3 nitrogen and oxygen atoms in total. The fraction of sp³-hybridized carbons (Fsp3) is 0.500. The van der Waals surface area contributed by atoms with Crippen molar-refractivity contribution in [1.29, 1.82) is 0 Å². The zero-order chi connectivity index (χ0) is 13.2. The summed E-state index contributed by atoms with van der Waals surface area (Å²) >= 11 is 6.21. The van der Waals surface area contributed by atoms with Crippen molar-refractivity contribution in [2.24, 2.45) is 5.41 Å². The van der Waals surface area contributed by atoms with Crippen LogP contribution in [0.2, 0.25) is 5.02 Å². The van der Waals surface area contributed by atoms with E-state index in [4.69, 9.17) is 21.1 Å². The summed E-state index contributed by atoms with van der Waals surface area (Å²) in [6, 6.07) is 5.57. The minimum atomic E-state index is -0.368. The summed E-state index contributed by atoms with van der Waals surface area (Å²) in [5.41, 5.74) is 0.607. The average molecular weight is 269 g/mol. The van der Waals surface area contributed by atoms with Crippen molar-refractivity contribution in [3.63, 3.8) is 0 Å². The largest absolute Gasteiger partial charge is 0.497 e. The molecule has 18 heavy (non-hydrogen) atoms. The summed E-state index contributed by atoms with van der Waals surface area (Å²) in [7, 11) is 3.05. The predicted molar refractivity (Wildman–Crippen MR) is 70.0 cm³/mol. The van der Waals surface area contributed by atoms with Crippen LogP contribution in [0.4, 0.5) is 0 Å². The van der Waals surface area contributed by atoms with Gasteiger partial charge in [-0.15, -0.1) is 0 Å². The fourth-order valence-electron chi connectivity index (χ4n) is 2.44. The number of carbonyl (C=O) groups is 1. The lowest BCUT2D eigenvalue weighted by molar-refractivity contribution is -0.158. The van der Waals surface area contributed by atoms with E-state index < -0.39 is 0 Å². The highest BCUT2D eigenvalue weighted by molar-refractivity contribution is 6.31. The van der Waals surface area contributed by atoms with E-state index in [1.807, 2.05) is 12.1 Å². The molecule has 0 saturated heterocycles. The Bertz CT molecular complexity index is 452. The third-order valence-corrected chi connectivity index (χ3v) is 4.07. The highest BCUT2D eigenvalue weighted by Gasteiger charge is 2.45. The monoisotopic (exact) mass is 268 g/mol. The number of hydrogen-bond donors (Lipinski definition) is 0. The van der Waals surface area contributed by atoms with Crippen molar-refractivity contribution in [2.45, 2.75) is 25.7 Å². The highest BCUT2D eigenvalue weighted by Crippen LogP contribution is 2.45. The number of hydrogen-bond acceptors (Lipinski definition) is 3. The molecule has 0 aliphatic heterocycles. The summed E-state index contributed by atoms with van der Waals surface area (Å²) in [4.78, 5) is 11.9. The van der Waals surface area contributed by atoms with Gasteiger partial charge in [-0.05, 0) is 37.0 Å². The predicted octanol–water partition coefficient (Wildman–Crippen LogP) is 3.23. The summed E-state index contributed by atoms with van der Waals surface area (Å²) in [6.07, 6.45) is 3.47. The minimum Gasteiger partial charge on any atom is -0.497 e. The topological polar surface area (TPSA) is 35.5 Å². The maximum Gasteiger partial charge on any atom is 0.312 e. The van der Waals surface area contributed by atoms with Crippen molar-refractivity contribution in [2.75, 3.05) is 14.2 Å². The lowest BCUT2D eigenvalue weighted by Gasteiger charge is -2.39. The SMILES string of the molecule is COC(=O)C1(Cc2ccc(OC)cc2Cl)CCC1. The first-order valence-corrected chi connectivity index (χ1v) is 6.40. The van der Waals surface area contributed by atoms with Crippen molar-refractivity contribution >= 4 is 17.6 Å². The van der Waals surface area contributed by atoms with Gasteiger partial charge in [-0.2, -0.15) is 0 Å². The Morgan fingerprint density at radius 3 is 2.56 bits per heavy atom. The van der Waals surface area contributed by atoms with Crippen LogP contribution in [-0.2, 0) is 16.0 Å². The number of methoxy groups -OCH3 is 2. The second-order valence-corrected chi connectivity index (χ2v) is 5.17. The normalized spacial score (nSPS) is 16.8. The summed E-state index contributed by atoms with van der Waals surface area (Å²) in [5.74, 6) is 0.602. The molecular formula is C14H17ClO3. The van der Waals surface area contributed by atoms with Crippen molar-refractivity contribution in [3.8, 4) is 5.75 Å². The van der Waals surface area contributed by atoms with E-state index in [1.165, 1.54) is 7.11 Å². The molecule has 0 unspecified atom stereocenters. The van der Waals surface area contributed by atoms with Crippen LogP contribution in [0.15, 0.2) is 18.2 Å². The first kappa shape index (κ1) is 13.2. The molecule has 0 N–H and O–H groups in total. The second-order valence-electron chi connectivity index (χ2n) is 4.76. The Labute approximate surface area is 112 Å². The second kappa shape index (κ2) is 5.19. The molecule has 4 heteroatoms. The fourth-order valence-corrected chi connectivity index (χ4v) is 2.67. The summed E-state index contributed by atoms with van der Waals surface area (Å²) < 4.78 is 10.0. The van der Waals surface area contributed by atoms with Crippen LogP contribution in [0.3, 0.4) is 0 Å². The molecule has 1 aliphatic rings. The van der Waals surface area contributed by atoms with Gasteiger partial charge in [0.25, 0.3) is 0 Å². The maximum absolute atomic E-state index is 11.9. The molecule has 98 valence electrons. The van der Waals surface area contributed by atoms with Gasteiger partial charge in [0.05, 0.1) is 19.6 Å². The molecule has 2 rings (SSSR count). The van der Waals surface area contributed by atoms with Gasteiger partial charge in [-0.1, -0.05) is 24.1 Å². The van der Waals surface area contributed by atoms with Gasteiger partial charge in [0.2, 0.25) is 0 Å². The van der Waals surface area contributed by atoms with Gasteiger partial charge in [-0.3, -0.25) is 4.79 Å². The molecule has 1 aliphatic carbocycles. The maximum atomic E-state index is 11.9. The molecule has 0 aromatic heterocycles. The molecule has 0 bridgehead atoms. The van der Waals surface area contributed by atoms with E-state index >= 15 is 0 Å². The first-order valence-electron chi connectivity index (χ1n) is 6.02. The van der Waals surface area contributed by atoms with Gasteiger partial charge < -0.3 is 9.47 Å². The Hall–Kier alpha value is -1.22. The van der Waals surface area contributed by atoms with Crippen LogP contribution in [-0.4, -0.2) is 20.2 Å². The van der Waals surface area contributed by atoms with Gasteiger partial charge in [0.15, 0.2) is 0 Å². The summed E-state index contributed by atoms with van der Waals surface area (Å²) in [5, 5.41) is 0.643. The van der Waals surface area contributed by atoms with Crippen LogP contribution in [0.1, 0.15) is 24.8 Å². The number of carbonyl (C=O) groups excluding carboxylic acids is 1. The molecule has 1 aromatic rings. The van der Waals surface area contributed by atoms with Gasteiger partial charge in [-0.25, -0.2) is 0 Å². The van der Waals surface area contributed by atoms with Crippen LogP contribution in [0.5, 0.6) is 5.75 Å². The molecule has 0 radical (unpaired) electrons. The number of rotatable bonds is 4. The quantitative estimate of drug-likeness (QED) is 0.787. The van der Waals surface area contributed by atoms with Crippen LogP contribution < -0.4 is 4.74 Å². The molecule has 1 saturated carbocycles. The standard InChI is InChI=1S/C14H17ClO3/c1-17-11-5-4-10(12(15)8-11)9-14(6-3-7-14)13(16)18-2/h4-5,8H,3,6-7,9H2,1-2H3. The van der Waals surface area contributed by atoms with E-state index in [2.05, 4.69) is 0 Å². The van der Waals surface area contributed by atoms with Gasteiger partial charge in [0.1, 0.15) is 5.75 Å². The van der Waals surface area contributed by atoms with Crippen LogP contribution in [0, 0.1) is 5.41 Å². The molecule has 0 heterocycles. The van der Waals surface area contributed by atoms with E-state index in [0.29, 0.717) is 11.4 Å². The molecule has 0 atom stereocenters. The molecular weight excluding hydrogens is 252 g/mol. The Morgan fingerprint density at radius 1 is 1.39 bits per heavy atom. The third kappa shape index (κ3) is 2.32. The lowest BCUT2D eigenvalue weighted by atomic mass is 9.65. The first-order chi connectivity index (χ1) is 8.61. The molecule has 1 aromatic carbocycles. The number of benzene rings is 1. The summed E-state index contributed by atoms with van der Waals surface area (Å²) in [6.45, 7) is 0. The molecule has 0 amide bonds. The van der Waals surface area contributed by atoms with Crippen LogP contribution >= 0.6 is 11.6 Å². The van der Waals surface area contributed by atoms with Crippen molar-refractivity contribution < 1.29 is 14.3 Å². The van der Waals surface area contributed by atoms with Gasteiger partial charge >= 0.3 is 5.97 Å². The van der Waals surface area contributed by atoms with E-state index in [0.717, 1.165) is 30.6 Å². The molecule has 1 fully saturated rings. The number of ether oxygens (including phenoxy) is 2. The minimum absolute atomic E-state index is 0.124. The highest BCUT2D eigenvalue weighted by atomic mass is 35.5. The zero-order valence-corrected chi connectivity index (χ0v) is 11.4. The Balaban J connectivity index is 2.20. The van der Waals surface area contributed by atoms with Crippen molar-refractivity contribution in [1.82, 2.24) is 0 Å². The Morgan fingerprint density at radius 2 is 2.11 bits per heavy atom. The number of halogens is 1. The number of esters is 1. The van der Waals surface area contributed by atoms with E-state index in [9.17, 15) is 4.79 Å². The van der Waals surface area contributed by atoms with Crippen LogP contribution in [0.25, 0.3) is 0 Å². The van der Waals surface area contributed by atoms with Gasteiger partial charge in [0, 0.05) is 5.02 Å². The smallest absolute Gasteiger partial charge is 0.312 e. The van der Waals surface area contributed by atoms with E-state index in [1.54, 1.807) is 13.2 Å². The lowest BCUT2D eigenvalue weighted by Crippen LogP contribution is -2.40. The average Bonchev–Trinajstić information content (AvgIpc) is 2.34.